The van der Waals surface area contributed by atoms with Crippen molar-refractivity contribution in [3.05, 3.63) is 102 Å². The van der Waals surface area contributed by atoms with Gasteiger partial charge in [0, 0.05) is 24.3 Å². The van der Waals surface area contributed by atoms with E-state index < -0.39 is 18.0 Å². The maximum atomic E-state index is 13.1. The van der Waals surface area contributed by atoms with E-state index >= 15 is 0 Å². The molecule has 4 rings (SSSR count). The summed E-state index contributed by atoms with van der Waals surface area (Å²) in [6, 6.07) is 24.5. The zero-order chi connectivity index (χ0) is 24.1. The van der Waals surface area contributed by atoms with Gasteiger partial charge in [-0.25, -0.2) is 4.79 Å². The first-order valence-electron chi connectivity index (χ1n) is 10.7. The number of nitrogens with one attached hydrogen (secondary N) is 1. The van der Waals surface area contributed by atoms with Crippen LogP contribution in [-0.2, 0) is 9.53 Å². The fraction of sp³-hybridized carbons (Fsp3) is 0.111. The minimum Gasteiger partial charge on any atom is -0.449 e. The third kappa shape index (κ3) is 4.78. The van der Waals surface area contributed by atoms with Crippen molar-refractivity contribution in [2.24, 2.45) is 0 Å². The van der Waals surface area contributed by atoms with Crippen LogP contribution in [0, 0.1) is 0 Å². The van der Waals surface area contributed by atoms with E-state index in [2.05, 4.69) is 10.3 Å². The van der Waals surface area contributed by atoms with Crippen LogP contribution < -0.4 is 10.2 Å². The molecular weight excluding hydrogens is 430 g/mol. The summed E-state index contributed by atoms with van der Waals surface area (Å²) in [5.74, 6) is -1.61. The first kappa shape index (κ1) is 22.7. The standard InChI is InChI=1S/C27H23N3O4/c1-18(25(31)29-24-16-8-15-23-22(24)14-9-17-28-23)34-27(33)21-13-7-6-12-20(21)26(32)30(2)19-10-4-3-5-11-19/h3-18H,1-2H3,(H,29,31). The number of amides is 2. The average Bonchev–Trinajstić information content (AvgIpc) is 2.88. The highest BCUT2D eigenvalue weighted by molar-refractivity contribution is 6.12. The lowest BCUT2D eigenvalue weighted by molar-refractivity contribution is -0.123. The van der Waals surface area contributed by atoms with Crippen LogP contribution in [-0.4, -0.2) is 35.9 Å². The Kier molecular flexibility index (Phi) is 6.64. The number of pyridine rings is 1. The molecule has 1 heterocycles. The van der Waals surface area contributed by atoms with Crippen LogP contribution in [0.25, 0.3) is 10.9 Å². The van der Waals surface area contributed by atoms with Crippen molar-refractivity contribution in [2.45, 2.75) is 13.0 Å². The predicted octanol–water partition coefficient (Wildman–Crippen LogP) is 4.70. The number of carbonyl (C=O) groups is 3. The van der Waals surface area contributed by atoms with E-state index in [1.165, 1.54) is 17.9 Å². The number of carbonyl (C=O) groups excluding carboxylic acids is 3. The summed E-state index contributed by atoms with van der Waals surface area (Å²) >= 11 is 0. The van der Waals surface area contributed by atoms with Crippen molar-refractivity contribution in [1.82, 2.24) is 4.98 Å². The second-order valence-corrected chi connectivity index (χ2v) is 7.66. The Morgan fingerprint density at radius 3 is 2.32 bits per heavy atom. The molecule has 1 atom stereocenters. The van der Waals surface area contributed by atoms with E-state index in [0.29, 0.717) is 11.4 Å². The number of aromatic nitrogens is 1. The predicted molar refractivity (Wildman–Crippen MR) is 131 cm³/mol. The fourth-order valence-electron chi connectivity index (χ4n) is 3.52. The molecule has 0 aliphatic carbocycles. The van der Waals surface area contributed by atoms with Gasteiger partial charge in [-0.15, -0.1) is 0 Å². The molecule has 1 aromatic heterocycles. The number of hydrogen-bond donors (Lipinski definition) is 1. The van der Waals surface area contributed by atoms with Crippen LogP contribution in [0.4, 0.5) is 11.4 Å². The van der Waals surface area contributed by atoms with E-state index in [-0.39, 0.29) is 17.0 Å². The maximum absolute atomic E-state index is 13.1. The molecule has 0 aliphatic heterocycles. The SMILES string of the molecule is CC(OC(=O)c1ccccc1C(=O)N(C)c1ccccc1)C(=O)Nc1cccc2ncccc12. The Hall–Kier alpha value is -4.52. The van der Waals surface area contributed by atoms with Gasteiger partial charge in [0.1, 0.15) is 0 Å². The number of hydrogen-bond acceptors (Lipinski definition) is 5. The molecule has 1 N–H and O–H groups in total. The van der Waals surface area contributed by atoms with Gasteiger partial charge in [0.15, 0.2) is 6.10 Å². The Morgan fingerprint density at radius 2 is 1.56 bits per heavy atom. The minimum atomic E-state index is -1.09. The fourth-order valence-corrected chi connectivity index (χ4v) is 3.52. The summed E-state index contributed by atoms with van der Waals surface area (Å²) in [6.45, 7) is 1.48. The molecule has 0 saturated carbocycles. The molecule has 4 aromatic rings. The lowest BCUT2D eigenvalue weighted by Crippen LogP contribution is -2.32. The van der Waals surface area contributed by atoms with Crippen molar-refractivity contribution < 1.29 is 19.1 Å². The van der Waals surface area contributed by atoms with Crippen molar-refractivity contribution in [2.75, 3.05) is 17.3 Å². The lowest BCUT2D eigenvalue weighted by Gasteiger charge is -2.19. The number of benzene rings is 3. The number of anilines is 2. The van der Waals surface area contributed by atoms with Crippen LogP contribution in [0.1, 0.15) is 27.6 Å². The topological polar surface area (TPSA) is 88.6 Å². The average molecular weight is 453 g/mol. The van der Waals surface area contributed by atoms with Gasteiger partial charge in [-0.1, -0.05) is 36.4 Å². The molecule has 170 valence electrons. The van der Waals surface area contributed by atoms with E-state index in [4.69, 9.17) is 4.74 Å². The summed E-state index contributed by atoms with van der Waals surface area (Å²) in [7, 11) is 1.63. The molecule has 1 unspecified atom stereocenters. The van der Waals surface area contributed by atoms with E-state index in [1.807, 2.05) is 30.3 Å². The highest BCUT2D eigenvalue weighted by Crippen LogP contribution is 2.22. The highest BCUT2D eigenvalue weighted by atomic mass is 16.5. The smallest absolute Gasteiger partial charge is 0.339 e. The third-order valence-electron chi connectivity index (χ3n) is 5.38. The Labute approximate surface area is 197 Å². The quantitative estimate of drug-likeness (QED) is 0.428. The van der Waals surface area contributed by atoms with Gasteiger partial charge in [-0.2, -0.15) is 0 Å². The van der Waals surface area contributed by atoms with Gasteiger partial charge in [-0.05, 0) is 55.5 Å². The van der Waals surface area contributed by atoms with Crippen LogP contribution >= 0.6 is 0 Å². The van der Waals surface area contributed by atoms with Crippen molar-refractivity contribution in [3.8, 4) is 0 Å². The van der Waals surface area contributed by atoms with E-state index in [0.717, 1.165) is 10.9 Å². The molecule has 0 radical (unpaired) electrons. The minimum absolute atomic E-state index is 0.0873. The molecule has 34 heavy (non-hydrogen) atoms. The number of rotatable bonds is 6. The second kappa shape index (κ2) is 9.95. The molecule has 7 nitrogen and oxygen atoms in total. The monoisotopic (exact) mass is 453 g/mol. The molecule has 2 amide bonds. The number of nitrogens with zero attached hydrogens (tertiary/aromatic N) is 2. The van der Waals surface area contributed by atoms with Gasteiger partial charge in [0.2, 0.25) is 0 Å². The molecule has 0 bridgehead atoms. The van der Waals surface area contributed by atoms with Gasteiger partial charge in [-0.3, -0.25) is 14.6 Å². The van der Waals surface area contributed by atoms with Gasteiger partial charge in [0.05, 0.1) is 22.3 Å². The zero-order valence-corrected chi connectivity index (χ0v) is 18.8. The normalized spacial score (nSPS) is 11.5. The zero-order valence-electron chi connectivity index (χ0n) is 18.8. The summed E-state index contributed by atoms with van der Waals surface area (Å²) < 4.78 is 5.42. The van der Waals surface area contributed by atoms with Crippen LogP contribution in [0.15, 0.2) is 91.1 Å². The summed E-state index contributed by atoms with van der Waals surface area (Å²) in [6.07, 6.45) is 0.584. The van der Waals surface area contributed by atoms with Crippen molar-refractivity contribution >= 4 is 40.1 Å². The largest absolute Gasteiger partial charge is 0.449 e. The molecule has 7 heteroatoms. The van der Waals surface area contributed by atoms with Gasteiger partial charge >= 0.3 is 5.97 Å². The first-order valence-corrected chi connectivity index (χ1v) is 10.7. The van der Waals surface area contributed by atoms with Crippen LogP contribution in [0.3, 0.4) is 0 Å². The highest BCUT2D eigenvalue weighted by Gasteiger charge is 2.25. The third-order valence-corrected chi connectivity index (χ3v) is 5.38. The summed E-state index contributed by atoms with van der Waals surface area (Å²) in [5, 5.41) is 3.56. The number of fused-ring (bicyclic) bond motifs is 1. The number of para-hydroxylation sites is 1. The molecule has 0 fully saturated rings. The Balaban J connectivity index is 1.49. The first-order chi connectivity index (χ1) is 16.5. The van der Waals surface area contributed by atoms with E-state index in [1.54, 1.807) is 61.8 Å². The molecule has 0 spiro atoms. The maximum Gasteiger partial charge on any atom is 0.339 e. The Bertz CT molecular complexity index is 1350. The molecule has 3 aromatic carbocycles. The van der Waals surface area contributed by atoms with Crippen LogP contribution in [0.2, 0.25) is 0 Å². The van der Waals surface area contributed by atoms with Crippen molar-refractivity contribution in [3.63, 3.8) is 0 Å². The molecular formula is C27H23N3O4. The summed E-state index contributed by atoms with van der Waals surface area (Å²) in [4.78, 5) is 44.5. The van der Waals surface area contributed by atoms with Gasteiger partial charge in [0.25, 0.3) is 11.8 Å². The second-order valence-electron chi connectivity index (χ2n) is 7.66. The van der Waals surface area contributed by atoms with Crippen molar-refractivity contribution in [1.29, 1.82) is 0 Å². The molecule has 0 aliphatic rings. The molecule has 0 saturated heterocycles. The Morgan fingerprint density at radius 1 is 0.853 bits per heavy atom. The number of ether oxygens (including phenoxy) is 1. The van der Waals surface area contributed by atoms with E-state index in [9.17, 15) is 14.4 Å². The summed E-state index contributed by atoms with van der Waals surface area (Å²) in [5.41, 5.74) is 2.27. The number of esters is 1. The van der Waals surface area contributed by atoms with Gasteiger partial charge < -0.3 is 15.0 Å². The van der Waals surface area contributed by atoms with Crippen LogP contribution in [0.5, 0.6) is 0 Å². The lowest BCUT2D eigenvalue weighted by atomic mass is 10.1.